The number of aliphatic hydroxyl groups is 1. The standard InChI is InChI=1S/C29H36N6O7/c1-16(36)25(28(40)34-23(29(41)42)13-17-7-3-2-4-8-17)35-27(39)22(33-26(38)20(30)11-12-24(31)37)14-18-15-32-21-10-6-5-9-19(18)21/h2-10,15-16,20,22-23,25,32,36H,11-14,30H2,1H3,(H2,31,37)(H,33,38)(H,34,40)(H,35,39)(H,41,42). The molecule has 0 aliphatic heterocycles. The van der Waals surface area contributed by atoms with Gasteiger partial charge in [0.25, 0.3) is 0 Å². The number of H-pyrrole nitrogens is 1. The van der Waals surface area contributed by atoms with Crippen LogP contribution in [0.5, 0.6) is 0 Å². The number of rotatable bonds is 15. The second kappa shape index (κ2) is 14.8. The van der Waals surface area contributed by atoms with Crippen molar-refractivity contribution in [3.63, 3.8) is 0 Å². The number of carboxylic acids is 1. The van der Waals surface area contributed by atoms with Gasteiger partial charge in [-0.2, -0.15) is 0 Å². The van der Waals surface area contributed by atoms with Crippen molar-refractivity contribution >= 4 is 40.5 Å². The van der Waals surface area contributed by atoms with Crippen LogP contribution < -0.4 is 27.4 Å². The minimum Gasteiger partial charge on any atom is -0.480 e. The maximum absolute atomic E-state index is 13.5. The van der Waals surface area contributed by atoms with Gasteiger partial charge in [-0.3, -0.25) is 19.2 Å². The predicted molar refractivity (Wildman–Crippen MR) is 154 cm³/mol. The van der Waals surface area contributed by atoms with Crippen molar-refractivity contribution in [1.82, 2.24) is 20.9 Å². The summed E-state index contributed by atoms with van der Waals surface area (Å²) in [6.07, 6.45) is 0.0618. The lowest BCUT2D eigenvalue weighted by molar-refractivity contribution is -0.143. The highest BCUT2D eigenvalue weighted by molar-refractivity contribution is 5.95. The van der Waals surface area contributed by atoms with E-state index < -0.39 is 59.9 Å². The molecule has 0 radical (unpaired) electrons. The minimum atomic E-state index is -1.54. The number of fused-ring (bicyclic) bond motifs is 1. The molecule has 0 spiro atoms. The number of aromatic nitrogens is 1. The zero-order valence-corrected chi connectivity index (χ0v) is 23.1. The molecule has 3 rings (SSSR count). The number of primary amides is 1. The number of amides is 4. The Labute approximate surface area is 242 Å². The molecule has 5 unspecified atom stereocenters. The second-order valence-electron chi connectivity index (χ2n) is 10.1. The number of benzene rings is 2. The van der Waals surface area contributed by atoms with E-state index >= 15 is 0 Å². The van der Waals surface area contributed by atoms with Crippen molar-refractivity contribution in [3.05, 3.63) is 71.9 Å². The van der Waals surface area contributed by atoms with Gasteiger partial charge < -0.3 is 42.6 Å². The van der Waals surface area contributed by atoms with Gasteiger partial charge in [0, 0.05) is 36.4 Å². The van der Waals surface area contributed by atoms with E-state index in [2.05, 4.69) is 20.9 Å². The van der Waals surface area contributed by atoms with E-state index in [1.54, 1.807) is 36.5 Å². The fraction of sp³-hybridized carbons (Fsp3) is 0.345. The Morgan fingerprint density at radius 2 is 1.50 bits per heavy atom. The summed E-state index contributed by atoms with van der Waals surface area (Å²) in [5, 5.41) is 28.2. The number of carboxylic acid groups (broad SMARTS) is 1. The Hall–Kier alpha value is -4.75. The van der Waals surface area contributed by atoms with Crippen LogP contribution in [0.1, 0.15) is 30.9 Å². The smallest absolute Gasteiger partial charge is 0.326 e. The van der Waals surface area contributed by atoms with E-state index in [4.69, 9.17) is 11.5 Å². The highest BCUT2D eigenvalue weighted by atomic mass is 16.4. The average Bonchev–Trinajstić information content (AvgIpc) is 3.36. The molecule has 13 heteroatoms. The third-order valence-corrected chi connectivity index (χ3v) is 6.73. The highest BCUT2D eigenvalue weighted by Gasteiger charge is 2.33. The molecule has 13 nitrogen and oxygen atoms in total. The topological polar surface area (TPSA) is 230 Å². The summed E-state index contributed by atoms with van der Waals surface area (Å²) >= 11 is 0. The molecule has 224 valence electrons. The van der Waals surface area contributed by atoms with Crippen LogP contribution in [0.25, 0.3) is 10.9 Å². The zero-order valence-electron chi connectivity index (χ0n) is 23.1. The third kappa shape index (κ3) is 8.88. The van der Waals surface area contributed by atoms with E-state index in [-0.39, 0.29) is 25.7 Å². The van der Waals surface area contributed by atoms with E-state index in [9.17, 15) is 34.2 Å². The third-order valence-electron chi connectivity index (χ3n) is 6.73. The van der Waals surface area contributed by atoms with Gasteiger partial charge in [-0.05, 0) is 30.5 Å². The largest absolute Gasteiger partial charge is 0.480 e. The quantitative estimate of drug-likeness (QED) is 0.116. The number of aliphatic hydroxyl groups excluding tert-OH is 1. The van der Waals surface area contributed by atoms with Crippen LogP contribution in [0.3, 0.4) is 0 Å². The Kier molecular flexibility index (Phi) is 11.2. The SMILES string of the molecule is CC(O)C(NC(=O)C(Cc1c[nH]c2ccccc12)NC(=O)C(N)CCC(N)=O)C(=O)NC(Cc1ccccc1)C(=O)O. The first-order valence-corrected chi connectivity index (χ1v) is 13.4. The van der Waals surface area contributed by atoms with Gasteiger partial charge in [0.1, 0.15) is 18.1 Å². The van der Waals surface area contributed by atoms with Crippen LogP contribution >= 0.6 is 0 Å². The highest BCUT2D eigenvalue weighted by Crippen LogP contribution is 2.19. The lowest BCUT2D eigenvalue weighted by Gasteiger charge is -2.26. The van der Waals surface area contributed by atoms with Crippen LogP contribution in [-0.2, 0) is 36.8 Å². The van der Waals surface area contributed by atoms with Gasteiger partial charge in [0.05, 0.1) is 12.1 Å². The number of carbonyl (C=O) groups is 5. The summed E-state index contributed by atoms with van der Waals surface area (Å²) in [6.45, 7) is 1.27. The number of para-hydroxylation sites is 1. The van der Waals surface area contributed by atoms with Crippen molar-refractivity contribution < 1.29 is 34.2 Å². The number of hydrogen-bond acceptors (Lipinski definition) is 7. The van der Waals surface area contributed by atoms with E-state index in [0.29, 0.717) is 11.1 Å². The average molecular weight is 581 g/mol. The molecule has 2 aromatic carbocycles. The summed E-state index contributed by atoms with van der Waals surface area (Å²) in [6, 6.07) is 10.7. The second-order valence-corrected chi connectivity index (χ2v) is 10.1. The van der Waals surface area contributed by atoms with Gasteiger partial charge in [-0.25, -0.2) is 4.79 Å². The molecule has 0 saturated carbocycles. The molecular formula is C29H36N6O7. The molecule has 0 fully saturated rings. The number of aromatic amines is 1. The predicted octanol–water partition coefficient (Wildman–Crippen LogP) is -0.534. The van der Waals surface area contributed by atoms with Crippen LogP contribution in [0.15, 0.2) is 60.8 Å². The molecule has 10 N–H and O–H groups in total. The number of nitrogens with one attached hydrogen (secondary N) is 4. The number of carbonyl (C=O) groups excluding carboxylic acids is 4. The molecular weight excluding hydrogens is 544 g/mol. The monoisotopic (exact) mass is 580 g/mol. The molecule has 3 aromatic rings. The van der Waals surface area contributed by atoms with E-state index in [1.165, 1.54) is 6.92 Å². The minimum absolute atomic E-state index is 0.00989. The Bertz CT molecular complexity index is 1410. The first-order chi connectivity index (χ1) is 20.0. The summed E-state index contributed by atoms with van der Waals surface area (Å²) in [7, 11) is 0. The van der Waals surface area contributed by atoms with Crippen LogP contribution in [0.2, 0.25) is 0 Å². The van der Waals surface area contributed by atoms with Gasteiger partial charge in [-0.15, -0.1) is 0 Å². The molecule has 1 aromatic heterocycles. The fourth-order valence-corrected chi connectivity index (χ4v) is 4.41. The number of hydrogen-bond donors (Lipinski definition) is 8. The normalized spacial score (nSPS) is 14.6. The number of nitrogens with two attached hydrogens (primary N) is 2. The van der Waals surface area contributed by atoms with E-state index in [1.807, 2.05) is 24.3 Å². The lowest BCUT2D eigenvalue weighted by atomic mass is 10.0. The fourth-order valence-electron chi connectivity index (χ4n) is 4.41. The Balaban J connectivity index is 1.80. The van der Waals surface area contributed by atoms with Gasteiger partial charge in [-0.1, -0.05) is 48.5 Å². The van der Waals surface area contributed by atoms with Crippen molar-refractivity contribution in [2.75, 3.05) is 0 Å². The first-order valence-electron chi connectivity index (χ1n) is 13.4. The lowest BCUT2D eigenvalue weighted by Crippen LogP contribution is -2.60. The maximum atomic E-state index is 13.5. The summed E-state index contributed by atoms with van der Waals surface area (Å²) in [4.78, 5) is 65.5. The summed E-state index contributed by atoms with van der Waals surface area (Å²) in [5.74, 6) is -4.38. The molecule has 42 heavy (non-hydrogen) atoms. The molecule has 5 atom stereocenters. The molecule has 1 heterocycles. The van der Waals surface area contributed by atoms with Crippen molar-refractivity contribution in [2.45, 2.75) is 62.9 Å². The van der Waals surface area contributed by atoms with Gasteiger partial charge in [0.15, 0.2) is 0 Å². The zero-order chi connectivity index (χ0) is 30.8. The molecule has 0 saturated heterocycles. The maximum Gasteiger partial charge on any atom is 0.326 e. The van der Waals surface area contributed by atoms with Crippen LogP contribution in [0.4, 0.5) is 0 Å². The summed E-state index contributed by atoms with van der Waals surface area (Å²) in [5.41, 5.74) is 13.2. The van der Waals surface area contributed by atoms with Crippen LogP contribution in [-0.4, -0.2) is 75.1 Å². The van der Waals surface area contributed by atoms with Gasteiger partial charge in [0.2, 0.25) is 23.6 Å². The summed E-state index contributed by atoms with van der Waals surface area (Å²) < 4.78 is 0. The van der Waals surface area contributed by atoms with Crippen molar-refractivity contribution in [2.24, 2.45) is 11.5 Å². The molecule has 0 bridgehead atoms. The Morgan fingerprint density at radius 3 is 2.14 bits per heavy atom. The first kappa shape index (κ1) is 31.8. The van der Waals surface area contributed by atoms with Crippen molar-refractivity contribution in [3.8, 4) is 0 Å². The molecule has 0 aliphatic carbocycles. The molecule has 0 aliphatic rings. The molecule has 4 amide bonds. The van der Waals surface area contributed by atoms with Gasteiger partial charge >= 0.3 is 5.97 Å². The Morgan fingerprint density at radius 1 is 0.857 bits per heavy atom. The van der Waals surface area contributed by atoms with E-state index in [0.717, 1.165) is 10.9 Å². The van der Waals surface area contributed by atoms with Crippen LogP contribution in [0, 0.1) is 0 Å². The number of aliphatic carboxylic acids is 1. The van der Waals surface area contributed by atoms with Crippen molar-refractivity contribution in [1.29, 1.82) is 0 Å².